The van der Waals surface area contributed by atoms with Crippen molar-refractivity contribution in [3.05, 3.63) is 42.0 Å². The molecule has 0 saturated heterocycles. The number of aromatic nitrogens is 3. The fourth-order valence-corrected chi connectivity index (χ4v) is 1.36. The molecule has 0 spiro atoms. The Morgan fingerprint density at radius 1 is 1.33 bits per heavy atom. The molecule has 2 aromatic heterocycles. The van der Waals surface area contributed by atoms with Crippen LogP contribution >= 0.6 is 0 Å². The van der Waals surface area contributed by atoms with E-state index in [0.29, 0.717) is 0 Å². The lowest BCUT2D eigenvalue weighted by Gasteiger charge is -2.05. The van der Waals surface area contributed by atoms with Gasteiger partial charge in [-0.3, -0.25) is 4.98 Å². The summed E-state index contributed by atoms with van der Waals surface area (Å²) in [6.07, 6.45) is -1.20. The smallest absolute Gasteiger partial charge is 0.435 e. The van der Waals surface area contributed by atoms with E-state index in [1.165, 1.54) is 12.3 Å². The van der Waals surface area contributed by atoms with Gasteiger partial charge in [-0.25, -0.2) is 9.48 Å². The summed E-state index contributed by atoms with van der Waals surface area (Å²) in [7, 11) is 0. The largest absolute Gasteiger partial charge is 0.478 e. The number of aromatic carboxylic acids is 1. The van der Waals surface area contributed by atoms with E-state index in [2.05, 4.69) is 10.1 Å². The Morgan fingerprint density at radius 3 is 2.61 bits per heavy atom. The van der Waals surface area contributed by atoms with Crippen LogP contribution in [0.15, 0.2) is 30.7 Å². The number of hydrogen-bond donors (Lipinski definition) is 1. The number of pyridine rings is 1. The predicted molar refractivity (Wildman–Crippen MR) is 53.3 cm³/mol. The third-order valence-electron chi connectivity index (χ3n) is 2.15. The van der Waals surface area contributed by atoms with Crippen molar-refractivity contribution in [1.82, 2.24) is 14.8 Å². The highest BCUT2D eigenvalue weighted by Gasteiger charge is 2.33. The van der Waals surface area contributed by atoms with Crippen molar-refractivity contribution in [3.8, 4) is 5.69 Å². The second kappa shape index (κ2) is 4.13. The Hall–Kier alpha value is -2.38. The summed E-state index contributed by atoms with van der Waals surface area (Å²) in [5.41, 5.74) is -1.29. The zero-order chi connectivity index (χ0) is 13.3. The third kappa shape index (κ3) is 2.17. The summed E-state index contributed by atoms with van der Waals surface area (Å²) in [6, 6.07) is 2.04. The molecule has 0 saturated carbocycles. The summed E-state index contributed by atoms with van der Waals surface area (Å²) in [4.78, 5) is 14.5. The molecule has 0 bridgehead atoms. The van der Waals surface area contributed by atoms with Crippen LogP contribution in [-0.2, 0) is 6.18 Å². The van der Waals surface area contributed by atoms with Crippen molar-refractivity contribution in [2.24, 2.45) is 0 Å². The van der Waals surface area contributed by atoms with Crippen LogP contribution in [0.1, 0.15) is 16.1 Å². The molecule has 5 nitrogen and oxygen atoms in total. The van der Waals surface area contributed by atoms with Crippen LogP contribution in [0.5, 0.6) is 0 Å². The first-order valence-corrected chi connectivity index (χ1v) is 4.70. The molecule has 2 heterocycles. The van der Waals surface area contributed by atoms with Crippen molar-refractivity contribution < 1.29 is 23.1 Å². The van der Waals surface area contributed by atoms with E-state index in [0.717, 1.165) is 23.1 Å². The third-order valence-corrected chi connectivity index (χ3v) is 2.15. The zero-order valence-electron chi connectivity index (χ0n) is 8.72. The SMILES string of the molecule is O=C(O)c1cnccc1-n1ccc(C(F)(F)F)n1. The molecule has 0 aliphatic heterocycles. The summed E-state index contributed by atoms with van der Waals surface area (Å²) < 4.78 is 38.0. The molecule has 2 aromatic rings. The van der Waals surface area contributed by atoms with E-state index in [1.807, 2.05) is 0 Å². The molecule has 18 heavy (non-hydrogen) atoms. The Bertz CT molecular complexity index is 592. The first kappa shape index (κ1) is 12.1. The second-order valence-electron chi connectivity index (χ2n) is 3.34. The van der Waals surface area contributed by atoms with Gasteiger partial charge in [0.2, 0.25) is 0 Å². The van der Waals surface area contributed by atoms with Crippen LogP contribution in [0.2, 0.25) is 0 Å². The molecular weight excluding hydrogens is 251 g/mol. The van der Waals surface area contributed by atoms with E-state index < -0.39 is 17.8 Å². The summed E-state index contributed by atoms with van der Waals surface area (Å²) >= 11 is 0. The molecule has 1 N–H and O–H groups in total. The molecular formula is C10H6F3N3O2. The predicted octanol–water partition coefficient (Wildman–Crippen LogP) is 1.98. The highest BCUT2D eigenvalue weighted by atomic mass is 19.4. The maximum Gasteiger partial charge on any atom is 0.435 e. The average Bonchev–Trinajstić information content (AvgIpc) is 2.77. The Balaban J connectivity index is 2.50. The molecule has 0 aliphatic carbocycles. The molecule has 0 radical (unpaired) electrons. The van der Waals surface area contributed by atoms with Crippen molar-refractivity contribution >= 4 is 5.97 Å². The first-order chi connectivity index (χ1) is 8.39. The standard InChI is InChI=1S/C10H6F3N3O2/c11-10(12,13)8-2-4-16(15-8)7-1-3-14-5-6(7)9(17)18/h1-5H,(H,17,18). The topological polar surface area (TPSA) is 68.0 Å². The minimum absolute atomic E-state index is 0.0213. The maximum atomic E-state index is 12.4. The Kier molecular flexibility index (Phi) is 2.77. The van der Waals surface area contributed by atoms with E-state index in [-0.39, 0.29) is 11.3 Å². The molecule has 8 heteroatoms. The van der Waals surface area contributed by atoms with E-state index in [1.54, 1.807) is 0 Å². The lowest BCUT2D eigenvalue weighted by molar-refractivity contribution is -0.141. The van der Waals surface area contributed by atoms with Gasteiger partial charge in [-0.15, -0.1) is 0 Å². The monoisotopic (exact) mass is 257 g/mol. The van der Waals surface area contributed by atoms with Gasteiger partial charge < -0.3 is 5.11 Å². The summed E-state index contributed by atoms with van der Waals surface area (Å²) in [6.45, 7) is 0. The lowest BCUT2D eigenvalue weighted by atomic mass is 10.2. The van der Waals surface area contributed by atoms with Gasteiger partial charge in [-0.2, -0.15) is 18.3 Å². The van der Waals surface area contributed by atoms with E-state index in [9.17, 15) is 18.0 Å². The van der Waals surface area contributed by atoms with Crippen molar-refractivity contribution in [1.29, 1.82) is 0 Å². The normalized spacial score (nSPS) is 11.5. The second-order valence-corrected chi connectivity index (χ2v) is 3.34. The molecule has 2 rings (SSSR count). The van der Waals surface area contributed by atoms with Crippen LogP contribution in [0.4, 0.5) is 13.2 Å². The van der Waals surface area contributed by atoms with Gasteiger partial charge in [-0.05, 0) is 12.1 Å². The zero-order valence-corrected chi connectivity index (χ0v) is 8.72. The van der Waals surface area contributed by atoms with E-state index >= 15 is 0 Å². The fraction of sp³-hybridized carbons (Fsp3) is 0.100. The number of nitrogens with zero attached hydrogens (tertiary/aromatic N) is 3. The molecule has 0 aromatic carbocycles. The number of alkyl halides is 3. The molecule has 0 amide bonds. The summed E-state index contributed by atoms with van der Waals surface area (Å²) in [5.74, 6) is -1.29. The van der Waals surface area contributed by atoms with Gasteiger partial charge in [0.1, 0.15) is 5.56 Å². The van der Waals surface area contributed by atoms with Crippen molar-refractivity contribution in [2.75, 3.05) is 0 Å². The first-order valence-electron chi connectivity index (χ1n) is 4.70. The molecule has 0 fully saturated rings. The Morgan fingerprint density at radius 2 is 2.06 bits per heavy atom. The fourth-order valence-electron chi connectivity index (χ4n) is 1.36. The average molecular weight is 257 g/mol. The number of carbonyl (C=O) groups is 1. The lowest BCUT2D eigenvalue weighted by Crippen LogP contribution is -2.10. The molecule has 94 valence electrons. The quantitative estimate of drug-likeness (QED) is 0.893. The van der Waals surface area contributed by atoms with Crippen molar-refractivity contribution in [2.45, 2.75) is 6.18 Å². The van der Waals surface area contributed by atoms with Gasteiger partial charge in [0.25, 0.3) is 0 Å². The Labute approximate surface area is 98.5 Å². The number of rotatable bonds is 2. The van der Waals surface area contributed by atoms with Gasteiger partial charge >= 0.3 is 12.1 Å². The van der Waals surface area contributed by atoms with Crippen LogP contribution in [0.25, 0.3) is 5.69 Å². The van der Waals surface area contributed by atoms with Gasteiger partial charge in [0.15, 0.2) is 5.69 Å². The number of carboxylic acids is 1. The van der Waals surface area contributed by atoms with Gasteiger partial charge in [0, 0.05) is 18.6 Å². The van der Waals surface area contributed by atoms with Crippen LogP contribution in [0.3, 0.4) is 0 Å². The molecule has 0 atom stereocenters. The van der Waals surface area contributed by atoms with Crippen LogP contribution in [0, 0.1) is 0 Å². The number of hydrogen-bond acceptors (Lipinski definition) is 3. The minimum Gasteiger partial charge on any atom is -0.478 e. The van der Waals surface area contributed by atoms with Crippen LogP contribution < -0.4 is 0 Å². The minimum atomic E-state index is -4.57. The van der Waals surface area contributed by atoms with Crippen LogP contribution in [-0.4, -0.2) is 25.8 Å². The summed E-state index contributed by atoms with van der Waals surface area (Å²) in [5, 5.41) is 12.2. The number of halogens is 3. The van der Waals surface area contributed by atoms with E-state index in [4.69, 9.17) is 5.11 Å². The van der Waals surface area contributed by atoms with Gasteiger partial charge in [-0.1, -0.05) is 0 Å². The molecule has 0 unspecified atom stereocenters. The highest BCUT2D eigenvalue weighted by molar-refractivity contribution is 5.91. The molecule has 0 aliphatic rings. The van der Waals surface area contributed by atoms with Gasteiger partial charge in [0.05, 0.1) is 5.69 Å². The van der Waals surface area contributed by atoms with Crippen molar-refractivity contribution in [3.63, 3.8) is 0 Å². The highest BCUT2D eigenvalue weighted by Crippen LogP contribution is 2.28. The number of carboxylic acid groups (broad SMARTS) is 1. The maximum absolute atomic E-state index is 12.4.